The van der Waals surface area contributed by atoms with Crippen LogP contribution in [0.25, 0.3) is 0 Å². The van der Waals surface area contributed by atoms with Crippen molar-refractivity contribution in [1.82, 2.24) is 10.3 Å². The van der Waals surface area contributed by atoms with Gasteiger partial charge in [0.1, 0.15) is 0 Å². The minimum atomic E-state index is -0.268. The van der Waals surface area contributed by atoms with Crippen LogP contribution in [0, 0.1) is 0 Å². The van der Waals surface area contributed by atoms with Gasteiger partial charge in [-0.05, 0) is 23.9 Å². The summed E-state index contributed by atoms with van der Waals surface area (Å²) in [6, 6.07) is 6.89. The number of aromatic amines is 1. The maximum Gasteiger partial charge on any atom is 0.251 e. The van der Waals surface area contributed by atoms with Gasteiger partial charge in [0.05, 0.1) is 0 Å². The Morgan fingerprint density at radius 3 is 3.00 bits per heavy atom. The number of carbonyl (C=O) groups is 1. The standard InChI is InChI=1S/C12H12N2O2S/c15-11-8-9(3-5-13-11)12(16)14-6-4-10-2-1-7-17-10/h1-3,5,7-8H,4,6H2,(H,13,15)(H,14,16). The average molecular weight is 248 g/mol. The summed E-state index contributed by atoms with van der Waals surface area (Å²) in [5.41, 5.74) is 0.121. The van der Waals surface area contributed by atoms with Gasteiger partial charge in [-0.25, -0.2) is 0 Å². The van der Waals surface area contributed by atoms with Crippen LogP contribution in [0.15, 0.2) is 40.6 Å². The molecule has 5 heteroatoms. The molecule has 2 heterocycles. The highest BCUT2D eigenvalue weighted by Gasteiger charge is 2.04. The van der Waals surface area contributed by atoms with Crippen molar-refractivity contribution in [2.75, 3.05) is 6.54 Å². The van der Waals surface area contributed by atoms with Gasteiger partial charge in [-0.15, -0.1) is 11.3 Å². The van der Waals surface area contributed by atoms with Gasteiger partial charge in [0.15, 0.2) is 0 Å². The average Bonchev–Trinajstić information content (AvgIpc) is 2.82. The third kappa shape index (κ3) is 3.29. The van der Waals surface area contributed by atoms with Gasteiger partial charge in [0.25, 0.3) is 5.91 Å². The predicted octanol–water partition coefficient (Wildman–Crippen LogP) is 1.41. The number of thiophene rings is 1. The third-order valence-electron chi connectivity index (χ3n) is 2.27. The smallest absolute Gasteiger partial charge is 0.251 e. The van der Waals surface area contributed by atoms with Gasteiger partial charge < -0.3 is 10.3 Å². The number of hydrogen-bond acceptors (Lipinski definition) is 3. The summed E-state index contributed by atoms with van der Waals surface area (Å²) in [6.45, 7) is 0.576. The molecule has 2 aromatic rings. The Morgan fingerprint density at radius 1 is 1.41 bits per heavy atom. The van der Waals surface area contributed by atoms with Gasteiger partial charge >= 0.3 is 0 Å². The van der Waals surface area contributed by atoms with Crippen LogP contribution < -0.4 is 10.9 Å². The zero-order valence-corrected chi connectivity index (χ0v) is 9.92. The number of carbonyl (C=O) groups excluding carboxylic acids is 1. The molecule has 0 spiro atoms. The molecule has 1 amide bonds. The molecule has 0 aromatic carbocycles. The van der Waals surface area contributed by atoms with Crippen LogP contribution in [0.4, 0.5) is 0 Å². The topological polar surface area (TPSA) is 62.0 Å². The SMILES string of the molecule is O=C(NCCc1cccs1)c1cc[nH]c(=O)c1. The zero-order chi connectivity index (χ0) is 12.1. The Balaban J connectivity index is 1.87. The van der Waals surface area contributed by atoms with Crippen molar-refractivity contribution in [2.24, 2.45) is 0 Å². The Labute approximate surface area is 102 Å². The molecule has 17 heavy (non-hydrogen) atoms. The lowest BCUT2D eigenvalue weighted by atomic mass is 10.2. The molecule has 0 aliphatic rings. The first-order valence-electron chi connectivity index (χ1n) is 5.25. The third-order valence-corrected chi connectivity index (χ3v) is 3.21. The van der Waals surface area contributed by atoms with Crippen molar-refractivity contribution in [2.45, 2.75) is 6.42 Å². The molecule has 2 rings (SSSR count). The molecule has 0 saturated carbocycles. The van der Waals surface area contributed by atoms with E-state index in [1.54, 1.807) is 17.4 Å². The second-order valence-corrected chi connectivity index (χ2v) is 4.56. The van der Waals surface area contributed by atoms with E-state index >= 15 is 0 Å². The lowest BCUT2D eigenvalue weighted by Gasteiger charge is -2.03. The van der Waals surface area contributed by atoms with Crippen molar-refractivity contribution in [3.63, 3.8) is 0 Å². The summed E-state index contributed by atoms with van der Waals surface area (Å²) in [6.07, 6.45) is 2.28. The van der Waals surface area contributed by atoms with Crippen LogP contribution in [-0.4, -0.2) is 17.4 Å². The summed E-state index contributed by atoms with van der Waals surface area (Å²) in [4.78, 5) is 26.4. The monoisotopic (exact) mass is 248 g/mol. The lowest BCUT2D eigenvalue weighted by Crippen LogP contribution is -2.26. The first-order valence-corrected chi connectivity index (χ1v) is 6.13. The molecule has 0 saturated heterocycles. The van der Waals surface area contributed by atoms with Crippen LogP contribution in [-0.2, 0) is 6.42 Å². The number of amides is 1. The highest BCUT2D eigenvalue weighted by molar-refractivity contribution is 7.09. The summed E-state index contributed by atoms with van der Waals surface area (Å²) < 4.78 is 0. The number of hydrogen-bond donors (Lipinski definition) is 2. The van der Waals surface area contributed by atoms with Gasteiger partial charge in [-0.3, -0.25) is 9.59 Å². The summed E-state index contributed by atoms with van der Waals surface area (Å²) in [5.74, 6) is -0.215. The number of rotatable bonds is 4. The minimum absolute atomic E-state index is 0.215. The lowest BCUT2D eigenvalue weighted by molar-refractivity contribution is 0.0954. The maximum atomic E-state index is 11.7. The number of nitrogens with one attached hydrogen (secondary N) is 2. The quantitative estimate of drug-likeness (QED) is 0.859. The van der Waals surface area contributed by atoms with E-state index in [2.05, 4.69) is 10.3 Å². The first-order chi connectivity index (χ1) is 8.25. The van der Waals surface area contributed by atoms with E-state index in [0.717, 1.165) is 6.42 Å². The molecule has 88 valence electrons. The molecule has 2 N–H and O–H groups in total. The van der Waals surface area contributed by atoms with Crippen LogP contribution in [0.5, 0.6) is 0 Å². The second-order valence-electron chi connectivity index (χ2n) is 3.53. The van der Waals surface area contributed by atoms with Gasteiger partial charge in [0.2, 0.25) is 5.56 Å². The van der Waals surface area contributed by atoms with E-state index in [1.807, 2.05) is 17.5 Å². The van der Waals surface area contributed by atoms with Crippen molar-refractivity contribution < 1.29 is 4.79 Å². The van der Waals surface area contributed by atoms with Crippen LogP contribution in [0.3, 0.4) is 0 Å². The van der Waals surface area contributed by atoms with E-state index in [-0.39, 0.29) is 11.5 Å². The van der Waals surface area contributed by atoms with Crippen molar-refractivity contribution in [1.29, 1.82) is 0 Å². The molecule has 4 nitrogen and oxygen atoms in total. The molecular weight excluding hydrogens is 236 g/mol. The molecule has 0 fully saturated rings. The highest BCUT2D eigenvalue weighted by Crippen LogP contribution is 2.08. The summed E-state index contributed by atoms with van der Waals surface area (Å²) in [5, 5.41) is 4.79. The van der Waals surface area contributed by atoms with Crippen LogP contribution in [0.1, 0.15) is 15.2 Å². The fourth-order valence-electron chi connectivity index (χ4n) is 1.44. The molecule has 0 unspecified atom stereocenters. The zero-order valence-electron chi connectivity index (χ0n) is 9.10. The Morgan fingerprint density at radius 2 is 2.29 bits per heavy atom. The first kappa shape index (κ1) is 11.6. The van der Waals surface area contributed by atoms with E-state index < -0.39 is 0 Å². The van der Waals surface area contributed by atoms with Gasteiger partial charge in [-0.2, -0.15) is 0 Å². The predicted molar refractivity (Wildman–Crippen MR) is 67.4 cm³/mol. The number of aromatic nitrogens is 1. The fourth-order valence-corrected chi connectivity index (χ4v) is 2.15. The fraction of sp³-hybridized carbons (Fsp3) is 0.167. The molecule has 0 aliphatic heterocycles. The summed E-state index contributed by atoms with van der Waals surface area (Å²) >= 11 is 1.67. The molecule has 2 aromatic heterocycles. The van der Waals surface area contributed by atoms with Crippen LogP contribution >= 0.6 is 11.3 Å². The maximum absolute atomic E-state index is 11.7. The largest absolute Gasteiger partial charge is 0.352 e. The van der Waals surface area contributed by atoms with Crippen molar-refractivity contribution in [3.05, 3.63) is 56.6 Å². The van der Waals surface area contributed by atoms with Gasteiger partial charge in [0, 0.05) is 29.2 Å². The highest BCUT2D eigenvalue weighted by atomic mass is 32.1. The molecule has 0 atom stereocenters. The minimum Gasteiger partial charge on any atom is -0.352 e. The van der Waals surface area contributed by atoms with E-state index in [0.29, 0.717) is 12.1 Å². The molecule has 0 bridgehead atoms. The molecule has 0 radical (unpaired) electrons. The van der Waals surface area contributed by atoms with E-state index in [1.165, 1.54) is 17.1 Å². The molecule has 0 aliphatic carbocycles. The second kappa shape index (κ2) is 5.45. The van der Waals surface area contributed by atoms with E-state index in [9.17, 15) is 9.59 Å². The van der Waals surface area contributed by atoms with Gasteiger partial charge in [-0.1, -0.05) is 6.07 Å². The normalized spacial score (nSPS) is 10.1. The van der Waals surface area contributed by atoms with Crippen molar-refractivity contribution in [3.8, 4) is 0 Å². The number of pyridine rings is 1. The van der Waals surface area contributed by atoms with E-state index in [4.69, 9.17) is 0 Å². The van der Waals surface area contributed by atoms with Crippen molar-refractivity contribution >= 4 is 17.2 Å². The van der Waals surface area contributed by atoms with Crippen LogP contribution in [0.2, 0.25) is 0 Å². The Hall–Kier alpha value is -1.88. The summed E-state index contributed by atoms with van der Waals surface area (Å²) in [7, 11) is 0. The number of H-pyrrole nitrogens is 1. The Bertz CT molecular complexity index is 546. The Kier molecular flexibility index (Phi) is 3.72. The molecular formula is C12H12N2O2S.